The number of halogens is 7. The molecule has 17 heteroatoms. The molecule has 0 saturated carbocycles. The fourth-order valence-electron chi connectivity index (χ4n) is 4.56. The van der Waals surface area contributed by atoms with E-state index in [1.165, 1.54) is 41.2 Å². The van der Waals surface area contributed by atoms with Crippen LogP contribution in [0.25, 0.3) is 28.1 Å². The molecule has 5 rings (SSSR count). The lowest BCUT2D eigenvalue weighted by atomic mass is 10.0. The minimum absolute atomic E-state index is 0.0668. The fourth-order valence-corrected chi connectivity index (χ4v) is 4.71. The molecule has 1 atom stereocenters. The number of hydrogen-bond acceptors (Lipinski definition) is 6. The van der Waals surface area contributed by atoms with Gasteiger partial charge in [0.05, 0.1) is 41.3 Å². The summed E-state index contributed by atoms with van der Waals surface area (Å²) in [5, 5.41) is 32.8. The maximum Gasteiger partial charge on any atom is 0.436 e. The van der Waals surface area contributed by atoms with Crippen LogP contribution < -0.4 is 4.73 Å². The van der Waals surface area contributed by atoms with Gasteiger partial charge in [0.1, 0.15) is 5.56 Å². The molecular formula is C28H19ClF6N6O4. The maximum absolute atomic E-state index is 15.4. The topological polar surface area (TPSA) is 122 Å². The van der Waals surface area contributed by atoms with Crippen LogP contribution in [0.15, 0.2) is 73.3 Å². The molecule has 0 aliphatic rings. The molecule has 10 nitrogen and oxygen atoms in total. The number of rotatable bonds is 10. The third kappa shape index (κ3) is 6.76. The highest BCUT2D eigenvalue weighted by Gasteiger charge is 2.35. The van der Waals surface area contributed by atoms with E-state index in [-0.39, 0.29) is 33.7 Å². The molecule has 3 heterocycles. The van der Waals surface area contributed by atoms with E-state index < -0.39 is 53.5 Å². The van der Waals surface area contributed by atoms with Gasteiger partial charge in [0.15, 0.2) is 17.7 Å². The average molecular weight is 653 g/mol. The molecule has 0 radical (unpaired) electrons. The van der Waals surface area contributed by atoms with E-state index in [1.54, 1.807) is 18.3 Å². The largest absolute Gasteiger partial charge is 0.618 e. The number of nitrogens with zero attached hydrogens (tertiary/aromatic N) is 6. The first-order chi connectivity index (χ1) is 21.3. The molecule has 0 fully saturated rings. The Hall–Kier alpha value is -4.96. The molecule has 1 N–H and O–H groups in total. The molecule has 0 saturated heterocycles. The summed E-state index contributed by atoms with van der Waals surface area (Å²) in [5.41, 5.74) is -0.955. The highest BCUT2D eigenvalue weighted by molar-refractivity contribution is 6.31. The van der Waals surface area contributed by atoms with Crippen LogP contribution in [0.4, 0.5) is 26.3 Å². The fraction of sp³-hybridized carbons (Fsp3) is 0.179. The summed E-state index contributed by atoms with van der Waals surface area (Å²) < 4.78 is 87.0. The van der Waals surface area contributed by atoms with E-state index in [0.717, 1.165) is 12.3 Å². The van der Waals surface area contributed by atoms with Crippen molar-refractivity contribution in [2.75, 3.05) is 6.61 Å². The summed E-state index contributed by atoms with van der Waals surface area (Å²) in [5.74, 6) is -2.22. The molecule has 0 unspecified atom stereocenters. The SMILES string of the molecule is O=C(O)c1ccc(-c2cnn([C@H](CCOC(F)F)c3ccc(-c4c(-n5cc(C(F)(F)F)nn5)ccc(Cl)c4F)[n+]([O-])c3)c2)cc1. The van der Waals surface area contributed by atoms with Crippen LogP contribution in [0.1, 0.15) is 34.1 Å². The lowest BCUT2D eigenvalue weighted by Gasteiger charge is -2.19. The molecule has 3 aromatic heterocycles. The lowest BCUT2D eigenvalue weighted by Crippen LogP contribution is -2.31. The van der Waals surface area contributed by atoms with Gasteiger partial charge in [0.25, 0.3) is 0 Å². The van der Waals surface area contributed by atoms with Crippen molar-refractivity contribution in [1.82, 2.24) is 24.8 Å². The Labute approximate surface area is 254 Å². The summed E-state index contributed by atoms with van der Waals surface area (Å²) in [7, 11) is 0. The number of hydrogen-bond donors (Lipinski definition) is 1. The minimum atomic E-state index is -4.83. The van der Waals surface area contributed by atoms with Gasteiger partial charge in [-0.15, -0.1) is 5.10 Å². The van der Waals surface area contributed by atoms with Crippen LogP contribution in [0, 0.1) is 11.0 Å². The molecular weight excluding hydrogens is 634 g/mol. The van der Waals surface area contributed by atoms with Crippen LogP contribution in [0.5, 0.6) is 0 Å². The van der Waals surface area contributed by atoms with Gasteiger partial charge < -0.3 is 15.1 Å². The van der Waals surface area contributed by atoms with Crippen molar-refractivity contribution >= 4 is 17.6 Å². The standard InChI is InChI=1S/C28H19ClF6N6O4/c29-19-6-8-21(40-14-23(37-38-40)28(33,34)35)24(25(19)30)22-7-5-17(13-41(22)44)20(9-10-45-27(31)32)39-12-18(11-36-39)15-1-3-16(4-2-15)26(42)43/h1-8,11-14,20,27H,9-10H2,(H,42,43)/t20-/m1/s1. The zero-order chi connectivity index (χ0) is 32.5. The number of carbonyl (C=O) groups is 1. The number of ether oxygens (including phenoxy) is 1. The Kier molecular flexibility index (Phi) is 8.79. The molecule has 45 heavy (non-hydrogen) atoms. The van der Waals surface area contributed by atoms with Crippen LogP contribution >= 0.6 is 11.6 Å². The first-order valence-electron chi connectivity index (χ1n) is 12.8. The highest BCUT2D eigenvalue weighted by atomic mass is 35.5. The zero-order valence-electron chi connectivity index (χ0n) is 22.5. The van der Waals surface area contributed by atoms with Crippen molar-refractivity contribution in [3.8, 4) is 28.1 Å². The predicted molar refractivity (Wildman–Crippen MR) is 145 cm³/mol. The Balaban J connectivity index is 1.53. The third-order valence-corrected chi connectivity index (χ3v) is 6.99. The van der Waals surface area contributed by atoms with E-state index in [0.29, 0.717) is 22.0 Å². The number of aromatic nitrogens is 6. The van der Waals surface area contributed by atoms with Crippen LogP contribution in [-0.4, -0.2) is 49.1 Å². The second-order valence-electron chi connectivity index (χ2n) is 9.50. The quantitative estimate of drug-likeness (QED) is 0.109. The van der Waals surface area contributed by atoms with Crippen molar-refractivity contribution in [1.29, 1.82) is 0 Å². The first-order valence-corrected chi connectivity index (χ1v) is 13.2. The normalized spacial score (nSPS) is 12.5. The zero-order valence-corrected chi connectivity index (χ0v) is 23.3. The number of aromatic carboxylic acids is 1. The van der Waals surface area contributed by atoms with Crippen molar-refractivity contribution < 1.29 is 45.7 Å². The van der Waals surface area contributed by atoms with Crippen molar-refractivity contribution in [2.24, 2.45) is 0 Å². The lowest BCUT2D eigenvalue weighted by molar-refractivity contribution is -0.594. The van der Waals surface area contributed by atoms with Crippen LogP contribution in [-0.2, 0) is 10.9 Å². The molecule has 0 amide bonds. The summed E-state index contributed by atoms with van der Waals surface area (Å²) in [6.45, 7) is -3.50. The van der Waals surface area contributed by atoms with E-state index in [1.807, 2.05) is 0 Å². The summed E-state index contributed by atoms with van der Waals surface area (Å²) in [4.78, 5) is 11.2. The third-order valence-electron chi connectivity index (χ3n) is 6.70. The van der Waals surface area contributed by atoms with Gasteiger partial charge in [-0.05, 0) is 42.3 Å². The van der Waals surface area contributed by atoms with Crippen LogP contribution in [0.2, 0.25) is 5.02 Å². The summed E-state index contributed by atoms with van der Waals surface area (Å²) >= 11 is 5.95. The summed E-state index contributed by atoms with van der Waals surface area (Å²) in [6, 6.07) is 9.90. The van der Waals surface area contributed by atoms with E-state index >= 15 is 4.39 Å². The molecule has 0 bridgehead atoms. The van der Waals surface area contributed by atoms with Crippen molar-refractivity contribution in [3.05, 3.63) is 106 Å². The van der Waals surface area contributed by atoms with Crippen molar-refractivity contribution in [3.63, 3.8) is 0 Å². The number of carboxylic acids is 1. The highest BCUT2D eigenvalue weighted by Crippen LogP contribution is 2.34. The molecule has 0 spiro atoms. The van der Waals surface area contributed by atoms with Crippen LogP contribution in [0.3, 0.4) is 0 Å². The monoisotopic (exact) mass is 652 g/mol. The molecule has 0 aliphatic carbocycles. The predicted octanol–water partition coefficient (Wildman–Crippen LogP) is 6.16. The van der Waals surface area contributed by atoms with E-state index in [9.17, 15) is 32.0 Å². The van der Waals surface area contributed by atoms with Gasteiger partial charge in [-0.3, -0.25) is 4.68 Å². The maximum atomic E-state index is 15.4. The second kappa shape index (κ2) is 12.6. The van der Waals surface area contributed by atoms with Gasteiger partial charge in [-0.1, -0.05) is 28.9 Å². The van der Waals surface area contributed by atoms with E-state index in [4.69, 9.17) is 16.7 Å². The summed E-state index contributed by atoms with van der Waals surface area (Å²) in [6.07, 6.45) is -0.336. The molecule has 2 aromatic carbocycles. The number of alkyl halides is 5. The first kappa shape index (κ1) is 31.5. The molecule has 234 valence electrons. The van der Waals surface area contributed by atoms with Gasteiger partial charge in [-0.25, -0.2) is 13.9 Å². The molecule has 5 aromatic rings. The Bertz CT molecular complexity index is 1840. The number of carboxylic acid groups (broad SMARTS) is 1. The van der Waals surface area contributed by atoms with Gasteiger partial charge in [0, 0.05) is 23.4 Å². The van der Waals surface area contributed by atoms with Gasteiger partial charge in [-0.2, -0.15) is 31.8 Å². The van der Waals surface area contributed by atoms with Gasteiger partial charge in [0.2, 0.25) is 5.69 Å². The smallest absolute Gasteiger partial charge is 0.436 e. The Morgan fingerprint density at radius 3 is 2.42 bits per heavy atom. The van der Waals surface area contributed by atoms with Crippen molar-refractivity contribution in [2.45, 2.75) is 25.3 Å². The minimum Gasteiger partial charge on any atom is -0.618 e. The average Bonchev–Trinajstić information content (AvgIpc) is 3.68. The van der Waals surface area contributed by atoms with E-state index in [2.05, 4.69) is 20.1 Å². The number of benzene rings is 2. The Morgan fingerprint density at radius 1 is 1.07 bits per heavy atom. The number of pyridine rings is 1. The molecule has 0 aliphatic heterocycles. The second-order valence-corrected chi connectivity index (χ2v) is 9.91. The van der Waals surface area contributed by atoms with Gasteiger partial charge >= 0.3 is 18.8 Å². The Morgan fingerprint density at radius 2 is 1.80 bits per heavy atom.